The second kappa shape index (κ2) is 5.30. The minimum Gasteiger partial charge on any atom is -0.311 e. The summed E-state index contributed by atoms with van der Waals surface area (Å²) in [5.74, 6) is 0. The molecule has 1 fully saturated rings. The van der Waals surface area contributed by atoms with E-state index in [1.165, 1.54) is 36.8 Å². The van der Waals surface area contributed by atoms with Crippen LogP contribution in [0.15, 0.2) is 36.4 Å². The molecule has 1 N–H and O–H groups in total. The first-order valence-electron chi connectivity index (χ1n) is 7.41. The zero-order valence-electron chi connectivity index (χ0n) is 11.7. The van der Waals surface area contributed by atoms with E-state index in [1.54, 1.807) is 0 Å². The van der Waals surface area contributed by atoms with Crippen LogP contribution in [0.2, 0.25) is 0 Å². The maximum atomic E-state index is 4.83. The molecule has 1 atom stereocenters. The molecule has 2 heteroatoms. The Hall–Kier alpha value is -1.41. The molecule has 0 bridgehead atoms. The highest BCUT2D eigenvalue weighted by molar-refractivity contribution is 5.78. The van der Waals surface area contributed by atoms with Crippen LogP contribution >= 0.6 is 0 Å². The maximum Gasteiger partial charge on any atom is 0.0705 e. The van der Waals surface area contributed by atoms with Gasteiger partial charge >= 0.3 is 0 Å². The van der Waals surface area contributed by atoms with Crippen LogP contribution in [0.1, 0.15) is 38.3 Å². The fraction of sp³-hybridized carbons (Fsp3) is 0.471. The van der Waals surface area contributed by atoms with E-state index in [0.717, 1.165) is 18.5 Å². The number of nitrogens with zero attached hydrogens (tertiary/aromatic N) is 1. The largest absolute Gasteiger partial charge is 0.311 e. The summed E-state index contributed by atoms with van der Waals surface area (Å²) in [6.07, 6.45) is 6.14. The first kappa shape index (κ1) is 12.6. The van der Waals surface area contributed by atoms with Gasteiger partial charge in [0.05, 0.1) is 5.52 Å². The Labute approximate surface area is 115 Å². The summed E-state index contributed by atoms with van der Waals surface area (Å²) >= 11 is 0. The van der Waals surface area contributed by atoms with Gasteiger partial charge in [0, 0.05) is 23.0 Å². The highest BCUT2D eigenvalue weighted by Crippen LogP contribution is 2.28. The van der Waals surface area contributed by atoms with E-state index in [1.807, 2.05) is 0 Å². The number of aromatic nitrogens is 1. The molecule has 0 spiro atoms. The van der Waals surface area contributed by atoms with Crippen molar-refractivity contribution in [2.24, 2.45) is 0 Å². The molecule has 0 saturated carbocycles. The van der Waals surface area contributed by atoms with Crippen LogP contribution < -0.4 is 5.32 Å². The van der Waals surface area contributed by atoms with Crippen molar-refractivity contribution >= 4 is 10.9 Å². The zero-order chi connectivity index (χ0) is 13.1. The topological polar surface area (TPSA) is 24.9 Å². The van der Waals surface area contributed by atoms with E-state index in [4.69, 9.17) is 4.98 Å². The normalized spacial score (nSPS) is 23.0. The maximum absolute atomic E-state index is 4.83. The van der Waals surface area contributed by atoms with Gasteiger partial charge < -0.3 is 5.32 Å². The van der Waals surface area contributed by atoms with Crippen LogP contribution in [0.3, 0.4) is 0 Å². The molecule has 1 saturated heterocycles. The van der Waals surface area contributed by atoms with E-state index in [9.17, 15) is 0 Å². The molecule has 1 aliphatic rings. The molecule has 0 aliphatic carbocycles. The monoisotopic (exact) mass is 254 g/mol. The first-order chi connectivity index (χ1) is 9.31. The summed E-state index contributed by atoms with van der Waals surface area (Å²) in [6.45, 7) is 3.43. The van der Waals surface area contributed by atoms with Gasteiger partial charge in [0.15, 0.2) is 0 Å². The standard InChI is InChI=1S/C17H22N2/c1-2-10-17(11-5-12-18-17)13-15-9-8-14-6-3-4-7-16(14)19-15/h3-4,6-9,18H,2,5,10-13H2,1H3. The zero-order valence-corrected chi connectivity index (χ0v) is 11.7. The Morgan fingerprint density at radius 1 is 1.21 bits per heavy atom. The SMILES string of the molecule is CCCC1(Cc2ccc3ccccc3n2)CCCN1. The van der Waals surface area contributed by atoms with Gasteiger partial charge in [-0.2, -0.15) is 0 Å². The number of nitrogens with one attached hydrogen (secondary N) is 1. The Morgan fingerprint density at radius 3 is 2.89 bits per heavy atom. The van der Waals surface area contributed by atoms with Crippen LogP contribution in [-0.2, 0) is 6.42 Å². The Morgan fingerprint density at radius 2 is 2.11 bits per heavy atom. The third kappa shape index (κ3) is 2.64. The quantitative estimate of drug-likeness (QED) is 0.900. The van der Waals surface area contributed by atoms with Crippen LogP contribution in [0, 0.1) is 0 Å². The molecule has 0 radical (unpaired) electrons. The molecule has 19 heavy (non-hydrogen) atoms. The van der Waals surface area contributed by atoms with Gasteiger partial charge in [-0.1, -0.05) is 37.6 Å². The number of para-hydroxylation sites is 1. The van der Waals surface area contributed by atoms with Crippen molar-refractivity contribution in [2.75, 3.05) is 6.54 Å². The van der Waals surface area contributed by atoms with Gasteiger partial charge in [-0.25, -0.2) is 0 Å². The first-order valence-corrected chi connectivity index (χ1v) is 7.41. The molecule has 3 rings (SSSR count). The fourth-order valence-electron chi connectivity index (χ4n) is 3.35. The molecule has 2 aromatic rings. The van der Waals surface area contributed by atoms with Gasteiger partial charge in [-0.3, -0.25) is 4.98 Å². The molecule has 0 amide bonds. The summed E-state index contributed by atoms with van der Waals surface area (Å²) in [7, 11) is 0. The van der Waals surface area contributed by atoms with Crippen LogP contribution in [0.5, 0.6) is 0 Å². The lowest BCUT2D eigenvalue weighted by atomic mass is 9.87. The molecular formula is C17H22N2. The molecule has 1 aliphatic heterocycles. The smallest absolute Gasteiger partial charge is 0.0705 e. The third-order valence-corrected chi connectivity index (χ3v) is 4.24. The van der Waals surface area contributed by atoms with Crippen molar-refractivity contribution in [1.29, 1.82) is 0 Å². The fourth-order valence-corrected chi connectivity index (χ4v) is 3.35. The summed E-state index contributed by atoms with van der Waals surface area (Å²) in [4.78, 5) is 4.83. The number of rotatable bonds is 4. The predicted molar refractivity (Wildman–Crippen MR) is 80.3 cm³/mol. The highest BCUT2D eigenvalue weighted by atomic mass is 15.0. The minimum absolute atomic E-state index is 0.296. The van der Waals surface area contributed by atoms with Gasteiger partial charge in [0.2, 0.25) is 0 Å². The van der Waals surface area contributed by atoms with Crippen LogP contribution in [0.4, 0.5) is 0 Å². The number of pyridine rings is 1. The lowest BCUT2D eigenvalue weighted by Gasteiger charge is -2.29. The van der Waals surface area contributed by atoms with Gasteiger partial charge in [0.25, 0.3) is 0 Å². The Balaban J connectivity index is 1.87. The third-order valence-electron chi connectivity index (χ3n) is 4.24. The van der Waals surface area contributed by atoms with E-state index in [0.29, 0.717) is 5.54 Å². The number of hydrogen-bond donors (Lipinski definition) is 1. The summed E-state index contributed by atoms with van der Waals surface area (Å²) in [6, 6.07) is 12.8. The van der Waals surface area contributed by atoms with Crippen molar-refractivity contribution in [3.63, 3.8) is 0 Å². The second-order valence-corrected chi connectivity index (χ2v) is 5.73. The minimum atomic E-state index is 0.296. The van der Waals surface area contributed by atoms with E-state index in [2.05, 4.69) is 48.6 Å². The summed E-state index contributed by atoms with van der Waals surface area (Å²) in [5.41, 5.74) is 2.63. The van der Waals surface area contributed by atoms with Gasteiger partial charge in [-0.05, 0) is 37.9 Å². The molecule has 1 unspecified atom stereocenters. The lowest BCUT2D eigenvalue weighted by molar-refractivity contribution is 0.339. The summed E-state index contributed by atoms with van der Waals surface area (Å²) in [5, 5.41) is 4.96. The van der Waals surface area contributed by atoms with Crippen molar-refractivity contribution in [3.05, 3.63) is 42.1 Å². The molecule has 100 valence electrons. The molecule has 2 heterocycles. The average molecular weight is 254 g/mol. The van der Waals surface area contributed by atoms with Crippen molar-refractivity contribution < 1.29 is 0 Å². The number of benzene rings is 1. The van der Waals surface area contributed by atoms with Crippen molar-refractivity contribution in [3.8, 4) is 0 Å². The van der Waals surface area contributed by atoms with Gasteiger partial charge in [-0.15, -0.1) is 0 Å². The molecule has 1 aromatic carbocycles. The van der Waals surface area contributed by atoms with E-state index < -0.39 is 0 Å². The lowest BCUT2D eigenvalue weighted by Crippen LogP contribution is -2.41. The molecule has 1 aromatic heterocycles. The van der Waals surface area contributed by atoms with Crippen molar-refractivity contribution in [2.45, 2.75) is 44.6 Å². The van der Waals surface area contributed by atoms with Gasteiger partial charge in [0.1, 0.15) is 0 Å². The average Bonchev–Trinajstić information content (AvgIpc) is 2.87. The summed E-state index contributed by atoms with van der Waals surface area (Å²) < 4.78 is 0. The van der Waals surface area contributed by atoms with Crippen molar-refractivity contribution in [1.82, 2.24) is 10.3 Å². The molecule has 2 nitrogen and oxygen atoms in total. The number of fused-ring (bicyclic) bond motifs is 1. The van der Waals surface area contributed by atoms with Crippen LogP contribution in [0.25, 0.3) is 10.9 Å². The highest BCUT2D eigenvalue weighted by Gasteiger charge is 2.32. The predicted octanol–water partition coefficient (Wildman–Crippen LogP) is 3.70. The van der Waals surface area contributed by atoms with E-state index in [-0.39, 0.29) is 0 Å². The Bertz CT molecular complexity index is 556. The second-order valence-electron chi connectivity index (χ2n) is 5.73. The number of hydrogen-bond acceptors (Lipinski definition) is 2. The molecular weight excluding hydrogens is 232 g/mol. The van der Waals surface area contributed by atoms with E-state index >= 15 is 0 Å². The Kier molecular flexibility index (Phi) is 3.52. The van der Waals surface area contributed by atoms with Crippen LogP contribution in [-0.4, -0.2) is 17.1 Å².